The van der Waals surface area contributed by atoms with Crippen LogP contribution in [-0.2, 0) is 6.54 Å². The SMILES string of the molecule is CN(C)CCCN(C)Cc1nc2cc(N)ccc2o1. The Morgan fingerprint density at radius 2 is 2.00 bits per heavy atom. The summed E-state index contributed by atoms with van der Waals surface area (Å²) in [6, 6.07) is 5.54. The van der Waals surface area contributed by atoms with Crippen LogP contribution < -0.4 is 5.73 Å². The number of benzene rings is 1. The molecule has 1 aromatic carbocycles. The fourth-order valence-electron chi connectivity index (χ4n) is 2.03. The molecule has 104 valence electrons. The predicted molar refractivity (Wildman–Crippen MR) is 77.9 cm³/mol. The Morgan fingerprint density at radius 3 is 2.74 bits per heavy atom. The van der Waals surface area contributed by atoms with Gasteiger partial charge in [0.15, 0.2) is 5.58 Å². The molecule has 0 saturated carbocycles. The van der Waals surface area contributed by atoms with E-state index in [1.807, 2.05) is 18.2 Å². The maximum absolute atomic E-state index is 5.73. The summed E-state index contributed by atoms with van der Waals surface area (Å²) < 4.78 is 5.70. The minimum absolute atomic E-state index is 0.715. The quantitative estimate of drug-likeness (QED) is 0.804. The van der Waals surface area contributed by atoms with E-state index in [0.29, 0.717) is 5.69 Å². The monoisotopic (exact) mass is 262 g/mol. The van der Waals surface area contributed by atoms with E-state index in [2.05, 4.69) is 35.9 Å². The number of anilines is 1. The molecular formula is C14H22N4O. The molecule has 0 aliphatic heterocycles. The van der Waals surface area contributed by atoms with Gasteiger partial charge in [0, 0.05) is 5.69 Å². The molecule has 0 spiro atoms. The van der Waals surface area contributed by atoms with Crippen LogP contribution in [0.2, 0.25) is 0 Å². The number of hydrogen-bond donors (Lipinski definition) is 1. The number of oxazole rings is 1. The van der Waals surface area contributed by atoms with E-state index in [1.165, 1.54) is 0 Å². The van der Waals surface area contributed by atoms with E-state index in [9.17, 15) is 0 Å². The predicted octanol–water partition coefficient (Wildman–Crippen LogP) is 1.79. The van der Waals surface area contributed by atoms with Crippen LogP contribution in [0, 0.1) is 0 Å². The molecule has 0 amide bonds. The first kappa shape index (κ1) is 13.8. The zero-order valence-electron chi connectivity index (χ0n) is 11.9. The lowest BCUT2D eigenvalue weighted by atomic mass is 10.3. The number of rotatable bonds is 6. The van der Waals surface area contributed by atoms with Crippen molar-refractivity contribution >= 4 is 16.8 Å². The molecule has 1 heterocycles. The van der Waals surface area contributed by atoms with Crippen LogP contribution in [-0.4, -0.2) is 49.0 Å². The zero-order valence-corrected chi connectivity index (χ0v) is 11.9. The van der Waals surface area contributed by atoms with Gasteiger partial charge in [0.25, 0.3) is 0 Å². The van der Waals surface area contributed by atoms with Crippen molar-refractivity contribution in [3.63, 3.8) is 0 Å². The summed E-state index contributed by atoms with van der Waals surface area (Å²) >= 11 is 0. The van der Waals surface area contributed by atoms with Gasteiger partial charge in [-0.2, -0.15) is 0 Å². The minimum atomic E-state index is 0.715. The van der Waals surface area contributed by atoms with Gasteiger partial charge in [0.05, 0.1) is 6.54 Å². The zero-order chi connectivity index (χ0) is 13.8. The van der Waals surface area contributed by atoms with E-state index in [0.717, 1.165) is 43.0 Å². The van der Waals surface area contributed by atoms with Crippen LogP contribution >= 0.6 is 0 Å². The number of nitrogens with zero attached hydrogens (tertiary/aromatic N) is 3. The van der Waals surface area contributed by atoms with Crippen molar-refractivity contribution in [1.82, 2.24) is 14.8 Å². The van der Waals surface area contributed by atoms with Gasteiger partial charge in [-0.15, -0.1) is 0 Å². The van der Waals surface area contributed by atoms with Crippen LogP contribution in [0.3, 0.4) is 0 Å². The number of nitrogen functional groups attached to an aromatic ring is 1. The topological polar surface area (TPSA) is 58.5 Å². The molecule has 2 N–H and O–H groups in total. The van der Waals surface area contributed by atoms with Crippen LogP contribution in [0.25, 0.3) is 11.1 Å². The fraction of sp³-hybridized carbons (Fsp3) is 0.500. The van der Waals surface area contributed by atoms with Gasteiger partial charge in [0.1, 0.15) is 5.52 Å². The molecule has 2 rings (SSSR count). The van der Waals surface area contributed by atoms with Crippen molar-refractivity contribution in [2.24, 2.45) is 0 Å². The normalized spacial score (nSPS) is 11.8. The molecule has 2 aromatic rings. The second kappa shape index (κ2) is 6.04. The molecule has 0 aliphatic carbocycles. The molecule has 5 heteroatoms. The highest BCUT2D eigenvalue weighted by Gasteiger charge is 2.08. The maximum atomic E-state index is 5.73. The molecule has 0 radical (unpaired) electrons. The standard InChI is InChI=1S/C14H22N4O/c1-17(2)7-4-8-18(3)10-14-16-12-9-11(15)5-6-13(12)19-14/h5-6,9H,4,7-8,10,15H2,1-3H3. The summed E-state index contributed by atoms with van der Waals surface area (Å²) in [7, 11) is 6.26. The first-order chi connectivity index (χ1) is 9.04. The number of nitrogens with two attached hydrogens (primary N) is 1. The van der Waals surface area contributed by atoms with Crippen LogP contribution in [0.4, 0.5) is 5.69 Å². The van der Waals surface area contributed by atoms with Crippen molar-refractivity contribution in [1.29, 1.82) is 0 Å². The highest BCUT2D eigenvalue weighted by Crippen LogP contribution is 2.18. The van der Waals surface area contributed by atoms with Gasteiger partial charge in [-0.05, 0) is 58.9 Å². The lowest BCUT2D eigenvalue weighted by Crippen LogP contribution is -2.23. The highest BCUT2D eigenvalue weighted by atomic mass is 16.3. The molecule has 0 aliphatic rings. The third-order valence-corrected chi connectivity index (χ3v) is 3.01. The van der Waals surface area contributed by atoms with Crippen molar-refractivity contribution in [2.75, 3.05) is 40.0 Å². The summed E-state index contributed by atoms with van der Waals surface area (Å²) in [5, 5.41) is 0. The van der Waals surface area contributed by atoms with Crippen molar-refractivity contribution in [3.05, 3.63) is 24.1 Å². The summed E-state index contributed by atoms with van der Waals surface area (Å²) in [6.45, 7) is 2.84. The number of fused-ring (bicyclic) bond motifs is 1. The van der Waals surface area contributed by atoms with Crippen molar-refractivity contribution < 1.29 is 4.42 Å². The molecule has 0 bridgehead atoms. The number of aromatic nitrogens is 1. The average Bonchev–Trinajstić information content (AvgIpc) is 2.69. The maximum Gasteiger partial charge on any atom is 0.209 e. The number of hydrogen-bond acceptors (Lipinski definition) is 5. The summed E-state index contributed by atoms with van der Waals surface area (Å²) in [4.78, 5) is 8.87. The van der Waals surface area contributed by atoms with Gasteiger partial charge >= 0.3 is 0 Å². The van der Waals surface area contributed by atoms with Gasteiger partial charge in [-0.1, -0.05) is 0 Å². The largest absolute Gasteiger partial charge is 0.439 e. The first-order valence-electron chi connectivity index (χ1n) is 6.53. The smallest absolute Gasteiger partial charge is 0.209 e. The second-order valence-electron chi connectivity index (χ2n) is 5.23. The van der Waals surface area contributed by atoms with Gasteiger partial charge in [-0.25, -0.2) is 4.98 Å². The highest BCUT2D eigenvalue weighted by molar-refractivity contribution is 5.76. The van der Waals surface area contributed by atoms with Gasteiger partial charge in [0.2, 0.25) is 5.89 Å². The van der Waals surface area contributed by atoms with Crippen LogP contribution in [0.5, 0.6) is 0 Å². The van der Waals surface area contributed by atoms with Gasteiger partial charge in [-0.3, -0.25) is 4.90 Å². The van der Waals surface area contributed by atoms with Crippen molar-refractivity contribution in [2.45, 2.75) is 13.0 Å². The summed E-state index contributed by atoms with van der Waals surface area (Å²) in [5.74, 6) is 0.743. The first-order valence-corrected chi connectivity index (χ1v) is 6.53. The lowest BCUT2D eigenvalue weighted by molar-refractivity contribution is 0.271. The minimum Gasteiger partial charge on any atom is -0.439 e. The molecule has 0 fully saturated rings. The molecule has 0 saturated heterocycles. The Hall–Kier alpha value is -1.59. The van der Waals surface area contributed by atoms with E-state index in [1.54, 1.807) is 0 Å². The average molecular weight is 262 g/mol. The summed E-state index contributed by atoms with van der Waals surface area (Å²) in [6.07, 6.45) is 1.14. The Bertz CT molecular complexity index is 535. The molecule has 1 aromatic heterocycles. The Kier molecular flexibility index (Phi) is 4.39. The van der Waals surface area contributed by atoms with Crippen LogP contribution in [0.1, 0.15) is 12.3 Å². The lowest BCUT2D eigenvalue weighted by Gasteiger charge is -2.16. The summed E-state index contributed by atoms with van der Waals surface area (Å²) in [5.41, 5.74) is 8.07. The molecule has 5 nitrogen and oxygen atoms in total. The van der Waals surface area contributed by atoms with Crippen LogP contribution in [0.15, 0.2) is 22.6 Å². The fourth-order valence-corrected chi connectivity index (χ4v) is 2.03. The third kappa shape index (κ3) is 3.94. The van der Waals surface area contributed by atoms with E-state index < -0.39 is 0 Å². The third-order valence-electron chi connectivity index (χ3n) is 3.01. The molecule has 0 unspecified atom stereocenters. The Labute approximate surface area is 114 Å². The Balaban J connectivity index is 1.93. The Morgan fingerprint density at radius 1 is 1.21 bits per heavy atom. The molecular weight excluding hydrogens is 240 g/mol. The van der Waals surface area contributed by atoms with E-state index >= 15 is 0 Å². The van der Waals surface area contributed by atoms with Gasteiger partial charge < -0.3 is 15.1 Å². The molecule has 0 atom stereocenters. The molecule has 19 heavy (non-hydrogen) atoms. The van der Waals surface area contributed by atoms with Crippen molar-refractivity contribution in [3.8, 4) is 0 Å². The van der Waals surface area contributed by atoms with E-state index in [-0.39, 0.29) is 0 Å². The van der Waals surface area contributed by atoms with E-state index in [4.69, 9.17) is 10.2 Å². The second-order valence-corrected chi connectivity index (χ2v) is 5.23.